The second kappa shape index (κ2) is 7.41. The number of anilines is 2. The fourth-order valence-electron chi connectivity index (χ4n) is 6.36. The minimum Gasteiger partial charge on any atom is -0.443 e. The number of halogens is 1. The van der Waals surface area contributed by atoms with Gasteiger partial charge in [0.25, 0.3) is 0 Å². The van der Waals surface area contributed by atoms with Crippen LogP contribution >= 0.6 is 0 Å². The van der Waals surface area contributed by atoms with Crippen LogP contribution < -0.4 is 10.6 Å². The van der Waals surface area contributed by atoms with Gasteiger partial charge in [0.15, 0.2) is 11.6 Å². The van der Waals surface area contributed by atoms with Gasteiger partial charge in [-0.05, 0) is 63.7 Å². The molecule has 4 fully saturated rings. The van der Waals surface area contributed by atoms with Crippen molar-refractivity contribution in [3.63, 3.8) is 0 Å². The lowest BCUT2D eigenvalue weighted by atomic mass is 9.50. The van der Waals surface area contributed by atoms with Crippen molar-refractivity contribution >= 4 is 23.2 Å². The number of nitrogens with one attached hydrogen (secondary N) is 3. The highest BCUT2D eigenvalue weighted by molar-refractivity contribution is 5.76. The Labute approximate surface area is 195 Å². The van der Waals surface area contributed by atoms with Gasteiger partial charge in [0.2, 0.25) is 0 Å². The fourth-order valence-corrected chi connectivity index (χ4v) is 6.36. The van der Waals surface area contributed by atoms with Crippen LogP contribution in [-0.4, -0.2) is 48.7 Å². The van der Waals surface area contributed by atoms with Gasteiger partial charge in [-0.25, -0.2) is 18.7 Å². The van der Waals surface area contributed by atoms with Crippen LogP contribution in [0.25, 0.3) is 5.52 Å². The van der Waals surface area contributed by atoms with Crippen molar-refractivity contribution in [1.29, 1.82) is 0 Å². The van der Waals surface area contributed by atoms with Crippen molar-refractivity contribution in [2.75, 3.05) is 5.32 Å². The number of rotatable bonds is 5. The zero-order chi connectivity index (χ0) is 22.9. The first kappa shape index (κ1) is 20.2. The number of H-pyrrole nitrogens is 1. The molecule has 0 saturated heterocycles. The maximum atomic E-state index is 15.2. The second-order valence-corrected chi connectivity index (χ2v) is 10.5. The number of hydrogen-bond donors (Lipinski definition) is 3. The van der Waals surface area contributed by atoms with Gasteiger partial charge in [-0.3, -0.25) is 5.10 Å². The molecular weight excluding hydrogens is 437 g/mol. The SMILES string of the molecule is O=C(NC12CC(C1)C2)O[C@@H]1CC[C@H](c2cc(Nc3nccn4nc5c(c34)CCCC5)n[nH]2)[C@@H]1F. The van der Waals surface area contributed by atoms with Crippen LogP contribution in [0.15, 0.2) is 18.5 Å². The highest BCUT2D eigenvalue weighted by Gasteiger charge is 2.58. The van der Waals surface area contributed by atoms with E-state index in [1.54, 1.807) is 6.20 Å². The van der Waals surface area contributed by atoms with E-state index in [4.69, 9.17) is 9.84 Å². The largest absolute Gasteiger partial charge is 0.443 e. The van der Waals surface area contributed by atoms with Crippen molar-refractivity contribution in [3.8, 4) is 0 Å². The van der Waals surface area contributed by atoms with Crippen LogP contribution in [0.4, 0.5) is 20.8 Å². The van der Waals surface area contributed by atoms with E-state index in [0.29, 0.717) is 30.2 Å². The molecule has 34 heavy (non-hydrogen) atoms. The molecule has 9 nitrogen and oxygen atoms in total. The summed E-state index contributed by atoms with van der Waals surface area (Å²) in [6.07, 6.45) is 9.59. The highest BCUT2D eigenvalue weighted by atomic mass is 19.1. The lowest BCUT2D eigenvalue weighted by Gasteiger charge is -2.61. The number of aromatic nitrogens is 5. The third kappa shape index (κ3) is 3.18. The van der Waals surface area contributed by atoms with Gasteiger partial charge >= 0.3 is 6.09 Å². The minimum absolute atomic E-state index is 0.0683. The summed E-state index contributed by atoms with van der Waals surface area (Å²) in [4.78, 5) is 16.8. The van der Waals surface area contributed by atoms with Crippen molar-refractivity contribution in [2.24, 2.45) is 5.92 Å². The van der Waals surface area contributed by atoms with Crippen molar-refractivity contribution < 1.29 is 13.9 Å². The molecule has 0 aromatic carbocycles. The van der Waals surface area contributed by atoms with E-state index in [0.717, 1.165) is 62.1 Å². The molecule has 5 aliphatic carbocycles. The third-order valence-electron chi connectivity index (χ3n) is 8.23. The summed E-state index contributed by atoms with van der Waals surface area (Å²) in [5, 5.41) is 18.3. The van der Waals surface area contributed by atoms with E-state index in [2.05, 4.69) is 25.8 Å². The van der Waals surface area contributed by atoms with Crippen LogP contribution in [0.1, 0.15) is 67.8 Å². The van der Waals surface area contributed by atoms with Crippen LogP contribution in [0.3, 0.4) is 0 Å². The highest BCUT2D eigenvalue weighted by Crippen LogP contribution is 2.57. The van der Waals surface area contributed by atoms with Gasteiger partial charge in [0, 0.05) is 41.2 Å². The van der Waals surface area contributed by atoms with Gasteiger partial charge in [-0.15, -0.1) is 0 Å². The van der Waals surface area contributed by atoms with E-state index in [1.807, 2.05) is 16.8 Å². The summed E-state index contributed by atoms with van der Waals surface area (Å²) in [7, 11) is 0. The van der Waals surface area contributed by atoms with Crippen LogP contribution in [0.5, 0.6) is 0 Å². The average molecular weight is 466 g/mol. The molecule has 3 aromatic rings. The number of alkyl carbamates (subject to hydrolysis) is 1. The number of amides is 1. The summed E-state index contributed by atoms with van der Waals surface area (Å²) < 4.78 is 22.6. The summed E-state index contributed by atoms with van der Waals surface area (Å²) in [5.41, 5.74) is 3.99. The second-order valence-electron chi connectivity index (χ2n) is 10.5. The normalized spacial score (nSPS) is 31.4. The Morgan fingerprint density at radius 3 is 2.91 bits per heavy atom. The molecule has 0 spiro atoms. The first-order valence-corrected chi connectivity index (χ1v) is 12.4. The number of fused-ring (bicyclic) bond motifs is 3. The molecule has 8 rings (SSSR count). The lowest BCUT2D eigenvalue weighted by molar-refractivity contribution is -0.0532. The van der Waals surface area contributed by atoms with Crippen molar-refractivity contribution in [2.45, 2.75) is 81.5 Å². The molecule has 2 bridgehead atoms. The van der Waals surface area contributed by atoms with E-state index in [9.17, 15) is 4.79 Å². The molecule has 178 valence electrons. The van der Waals surface area contributed by atoms with Crippen molar-refractivity contribution in [1.82, 2.24) is 30.1 Å². The Hall–Kier alpha value is -3.17. The van der Waals surface area contributed by atoms with E-state index >= 15 is 4.39 Å². The van der Waals surface area contributed by atoms with E-state index < -0.39 is 18.4 Å². The Morgan fingerprint density at radius 1 is 1.24 bits per heavy atom. The quantitative estimate of drug-likeness (QED) is 0.527. The molecule has 10 heteroatoms. The first-order valence-electron chi connectivity index (χ1n) is 12.4. The standard InChI is InChI=1S/C24H28FN7O2/c25-20-14(5-6-18(20)34-23(33)28-24-10-13(11-24)12-24)17-9-19(30-29-17)27-22-21-15-3-1-2-4-16(15)31-32(21)8-7-26-22/h7-9,13-14,18,20H,1-6,10-12H2,(H,28,33)(H2,26,27,29,30)/t13?,14-,18-,20+,24?/m1/s1. The number of aryl methyl sites for hydroxylation is 2. The predicted octanol–water partition coefficient (Wildman–Crippen LogP) is 3.94. The maximum absolute atomic E-state index is 15.2. The molecule has 5 aliphatic rings. The zero-order valence-corrected chi connectivity index (χ0v) is 18.9. The molecule has 0 aliphatic heterocycles. The zero-order valence-electron chi connectivity index (χ0n) is 18.9. The maximum Gasteiger partial charge on any atom is 0.407 e. The minimum atomic E-state index is -1.27. The molecule has 3 N–H and O–H groups in total. The van der Waals surface area contributed by atoms with Crippen molar-refractivity contribution in [3.05, 3.63) is 35.4 Å². The topological polar surface area (TPSA) is 109 Å². The number of alkyl halides is 1. The van der Waals surface area contributed by atoms with Crippen LogP contribution in [0, 0.1) is 5.92 Å². The number of carbonyl (C=O) groups excluding carboxylic acids is 1. The van der Waals surface area contributed by atoms with Crippen LogP contribution in [0.2, 0.25) is 0 Å². The Bertz CT molecular complexity index is 1250. The number of hydrogen-bond acceptors (Lipinski definition) is 6. The summed E-state index contributed by atoms with van der Waals surface area (Å²) in [5.74, 6) is 1.65. The summed E-state index contributed by atoms with van der Waals surface area (Å²) >= 11 is 0. The molecular formula is C24H28FN7O2. The number of nitrogens with zero attached hydrogens (tertiary/aromatic N) is 4. The Balaban J connectivity index is 1.04. The molecule has 3 aromatic heterocycles. The molecule has 3 heterocycles. The molecule has 4 saturated carbocycles. The van der Waals surface area contributed by atoms with E-state index in [1.165, 1.54) is 5.56 Å². The number of carbonyl (C=O) groups is 1. The first-order chi connectivity index (χ1) is 16.6. The van der Waals surface area contributed by atoms with Gasteiger partial charge in [0.1, 0.15) is 17.8 Å². The van der Waals surface area contributed by atoms with Gasteiger partial charge in [0.05, 0.1) is 5.69 Å². The van der Waals surface area contributed by atoms with E-state index in [-0.39, 0.29) is 11.5 Å². The molecule has 3 atom stereocenters. The summed E-state index contributed by atoms with van der Waals surface area (Å²) in [6.45, 7) is 0. The molecule has 1 amide bonds. The van der Waals surface area contributed by atoms with Crippen LogP contribution in [-0.2, 0) is 17.6 Å². The monoisotopic (exact) mass is 465 g/mol. The third-order valence-corrected chi connectivity index (χ3v) is 8.23. The smallest absolute Gasteiger partial charge is 0.407 e. The van der Waals surface area contributed by atoms with Gasteiger partial charge in [-0.2, -0.15) is 10.2 Å². The van der Waals surface area contributed by atoms with Gasteiger partial charge in [-0.1, -0.05) is 0 Å². The van der Waals surface area contributed by atoms with Gasteiger partial charge < -0.3 is 15.4 Å². The number of ether oxygens (including phenoxy) is 1. The number of aromatic amines is 1. The lowest BCUT2D eigenvalue weighted by Crippen LogP contribution is -2.68. The average Bonchev–Trinajstić information content (AvgIpc) is 3.48. The summed E-state index contributed by atoms with van der Waals surface area (Å²) in [6, 6.07) is 1.83. The molecule has 0 radical (unpaired) electrons. The predicted molar refractivity (Wildman–Crippen MR) is 122 cm³/mol. The Morgan fingerprint density at radius 2 is 2.09 bits per heavy atom. The fraction of sp³-hybridized carbons (Fsp3) is 0.583. The Kier molecular flexibility index (Phi) is 4.41. The molecule has 0 unspecified atom stereocenters.